The third-order valence-electron chi connectivity index (χ3n) is 2.29. The summed E-state index contributed by atoms with van der Waals surface area (Å²) in [6.45, 7) is 8.88. The van der Waals surface area contributed by atoms with Crippen LogP contribution in [0.1, 0.15) is 44.9 Å². The van der Waals surface area contributed by atoms with Gasteiger partial charge in [0.1, 0.15) is 11.6 Å². The van der Waals surface area contributed by atoms with Gasteiger partial charge in [-0.25, -0.2) is 8.78 Å². The molecular formula is C13H19F2NO. The molecule has 1 aromatic carbocycles. The molecule has 0 spiro atoms. The molecule has 1 atom stereocenters. The van der Waals surface area contributed by atoms with E-state index in [2.05, 4.69) is 5.48 Å². The molecule has 1 N–H and O–H groups in total. The Hall–Kier alpha value is -1.00. The predicted octanol–water partition coefficient (Wildman–Crippen LogP) is 3.65. The molecule has 4 heteroatoms. The molecule has 0 amide bonds. The van der Waals surface area contributed by atoms with E-state index in [1.54, 1.807) is 6.92 Å². The van der Waals surface area contributed by atoms with Crippen LogP contribution < -0.4 is 5.48 Å². The van der Waals surface area contributed by atoms with Crippen molar-refractivity contribution in [1.82, 2.24) is 5.48 Å². The van der Waals surface area contributed by atoms with Crippen molar-refractivity contribution in [2.45, 2.75) is 46.3 Å². The molecule has 1 aromatic rings. The number of halogens is 2. The van der Waals surface area contributed by atoms with Gasteiger partial charge in [-0.3, -0.25) is 4.84 Å². The Labute approximate surface area is 101 Å². The van der Waals surface area contributed by atoms with Gasteiger partial charge >= 0.3 is 0 Å². The third kappa shape index (κ3) is 4.06. The summed E-state index contributed by atoms with van der Waals surface area (Å²) in [7, 11) is 0. The highest BCUT2D eigenvalue weighted by atomic mass is 19.1. The second-order valence-corrected chi connectivity index (χ2v) is 5.18. The molecule has 0 fully saturated rings. The van der Waals surface area contributed by atoms with Gasteiger partial charge < -0.3 is 0 Å². The molecule has 0 aliphatic heterocycles. The fourth-order valence-corrected chi connectivity index (χ4v) is 1.32. The smallest absolute Gasteiger partial charge is 0.128 e. The highest BCUT2D eigenvalue weighted by Gasteiger charge is 2.17. The zero-order chi connectivity index (χ0) is 13.2. The van der Waals surface area contributed by atoms with Crippen LogP contribution in [-0.2, 0) is 4.84 Å². The first-order valence-electron chi connectivity index (χ1n) is 5.60. The fraction of sp³-hybridized carbons (Fsp3) is 0.538. The maximum Gasteiger partial charge on any atom is 0.128 e. The molecule has 1 unspecified atom stereocenters. The van der Waals surface area contributed by atoms with Gasteiger partial charge in [0.05, 0.1) is 11.6 Å². The van der Waals surface area contributed by atoms with E-state index in [4.69, 9.17) is 4.84 Å². The van der Waals surface area contributed by atoms with Gasteiger partial charge in [-0.05, 0) is 52.3 Å². The lowest BCUT2D eigenvalue weighted by Gasteiger charge is -2.23. The van der Waals surface area contributed by atoms with Gasteiger partial charge in [-0.15, -0.1) is 0 Å². The van der Waals surface area contributed by atoms with Crippen molar-refractivity contribution >= 4 is 0 Å². The van der Waals surface area contributed by atoms with E-state index in [1.807, 2.05) is 20.8 Å². The summed E-state index contributed by atoms with van der Waals surface area (Å²) in [5.41, 5.74) is 2.90. The predicted molar refractivity (Wildman–Crippen MR) is 63.5 cm³/mol. The van der Waals surface area contributed by atoms with Crippen molar-refractivity contribution in [3.8, 4) is 0 Å². The van der Waals surface area contributed by atoms with Crippen LogP contribution in [0.2, 0.25) is 0 Å². The van der Waals surface area contributed by atoms with Crippen molar-refractivity contribution in [1.29, 1.82) is 0 Å². The normalized spacial score (nSPS) is 13.8. The third-order valence-corrected chi connectivity index (χ3v) is 2.29. The van der Waals surface area contributed by atoms with Crippen molar-refractivity contribution in [2.75, 3.05) is 0 Å². The summed E-state index contributed by atoms with van der Waals surface area (Å²) in [5.74, 6) is -0.841. The lowest BCUT2D eigenvalue weighted by Crippen LogP contribution is -2.31. The average molecular weight is 243 g/mol. The first-order chi connectivity index (χ1) is 7.70. The highest BCUT2D eigenvalue weighted by molar-refractivity contribution is 5.27. The lowest BCUT2D eigenvalue weighted by atomic mass is 10.1. The standard InChI is InChI=1S/C13H19F2NO/c1-8-6-12(15)10(7-11(8)14)9(2)16-17-13(3,4)5/h6-7,9,16H,1-5H3. The Morgan fingerprint density at radius 2 is 1.76 bits per heavy atom. The van der Waals surface area contributed by atoms with E-state index in [0.29, 0.717) is 5.56 Å². The molecule has 96 valence electrons. The van der Waals surface area contributed by atoms with E-state index in [-0.39, 0.29) is 11.2 Å². The van der Waals surface area contributed by atoms with Gasteiger partial charge in [0, 0.05) is 5.56 Å². The van der Waals surface area contributed by atoms with E-state index in [1.165, 1.54) is 19.1 Å². The van der Waals surface area contributed by atoms with Crippen LogP contribution in [0.4, 0.5) is 8.78 Å². The van der Waals surface area contributed by atoms with Crippen LogP contribution >= 0.6 is 0 Å². The second-order valence-electron chi connectivity index (χ2n) is 5.18. The van der Waals surface area contributed by atoms with Crippen molar-refractivity contribution < 1.29 is 13.6 Å². The van der Waals surface area contributed by atoms with E-state index in [0.717, 1.165) is 0 Å². The van der Waals surface area contributed by atoms with E-state index >= 15 is 0 Å². The van der Waals surface area contributed by atoms with Crippen LogP contribution in [0.15, 0.2) is 12.1 Å². The number of benzene rings is 1. The average Bonchev–Trinajstić information content (AvgIpc) is 2.19. The molecule has 0 saturated carbocycles. The molecular weight excluding hydrogens is 224 g/mol. The Morgan fingerprint density at radius 1 is 1.18 bits per heavy atom. The van der Waals surface area contributed by atoms with Gasteiger partial charge in [0.2, 0.25) is 0 Å². The van der Waals surface area contributed by atoms with Gasteiger partial charge in [-0.2, -0.15) is 5.48 Å². The monoisotopic (exact) mass is 243 g/mol. The topological polar surface area (TPSA) is 21.3 Å². The summed E-state index contributed by atoms with van der Waals surface area (Å²) in [6, 6.07) is 1.98. The Kier molecular flexibility index (Phi) is 4.22. The Morgan fingerprint density at radius 3 is 2.29 bits per heavy atom. The molecule has 2 nitrogen and oxygen atoms in total. The minimum atomic E-state index is -0.429. The molecule has 0 bridgehead atoms. The number of nitrogens with one attached hydrogen (secondary N) is 1. The van der Waals surface area contributed by atoms with Crippen LogP contribution in [0.3, 0.4) is 0 Å². The molecule has 0 heterocycles. The second kappa shape index (κ2) is 5.10. The lowest BCUT2D eigenvalue weighted by molar-refractivity contribution is -0.0870. The van der Waals surface area contributed by atoms with Crippen LogP contribution in [0.25, 0.3) is 0 Å². The zero-order valence-corrected chi connectivity index (χ0v) is 10.9. The van der Waals surface area contributed by atoms with Gasteiger partial charge in [0.25, 0.3) is 0 Å². The Bertz CT molecular complexity index is 399. The molecule has 0 aliphatic carbocycles. The van der Waals surface area contributed by atoms with Crippen molar-refractivity contribution in [3.05, 3.63) is 34.9 Å². The van der Waals surface area contributed by atoms with E-state index < -0.39 is 17.7 Å². The summed E-state index contributed by atoms with van der Waals surface area (Å²) in [6.07, 6.45) is 0. The first-order valence-corrected chi connectivity index (χ1v) is 5.60. The molecule has 0 saturated heterocycles. The number of hydrogen-bond donors (Lipinski definition) is 1. The summed E-state index contributed by atoms with van der Waals surface area (Å²) >= 11 is 0. The maximum atomic E-state index is 13.6. The van der Waals surface area contributed by atoms with Crippen molar-refractivity contribution in [3.63, 3.8) is 0 Å². The number of hydroxylamine groups is 1. The number of aryl methyl sites for hydroxylation is 1. The fourth-order valence-electron chi connectivity index (χ4n) is 1.32. The van der Waals surface area contributed by atoms with E-state index in [9.17, 15) is 8.78 Å². The largest absolute Gasteiger partial charge is 0.296 e. The Balaban J connectivity index is 2.82. The minimum absolute atomic E-state index is 0.261. The maximum absolute atomic E-state index is 13.6. The zero-order valence-electron chi connectivity index (χ0n) is 10.9. The van der Waals surface area contributed by atoms with Crippen molar-refractivity contribution in [2.24, 2.45) is 0 Å². The summed E-state index contributed by atoms with van der Waals surface area (Å²) in [4.78, 5) is 5.33. The molecule has 0 aliphatic rings. The molecule has 17 heavy (non-hydrogen) atoms. The quantitative estimate of drug-likeness (QED) is 0.818. The first kappa shape index (κ1) is 14.1. The highest BCUT2D eigenvalue weighted by Crippen LogP contribution is 2.21. The number of hydrogen-bond acceptors (Lipinski definition) is 2. The summed E-state index contributed by atoms with van der Waals surface area (Å²) in [5, 5.41) is 0. The van der Waals surface area contributed by atoms with Crippen LogP contribution in [0, 0.1) is 18.6 Å². The van der Waals surface area contributed by atoms with Gasteiger partial charge in [0.15, 0.2) is 0 Å². The number of rotatable bonds is 3. The summed E-state index contributed by atoms with van der Waals surface area (Å²) < 4.78 is 27.0. The SMILES string of the molecule is Cc1cc(F)c(C(C)NOC(C)(C)C)cc1F. The molecule has 0 radical (unpaired) electrons. The van der Waals surface area contributed by atoms with Crippen LogP contribution in [-0.4, -0.2) is 5.60 Å². The van der Waals surface area contributed by atoms with Gasteiger partial charge in [-0.1, -0.05) is 0 Å². The molecule has 0 aromatic heterocycles. The molecule has 1 rings (SSSR count). The minimum Gasteiger partial charge on any atom is -0.296 e. The van der Waals surface area contributed by atoms with Crippen LogP contribution in [0.5, 0.6) is 0 Å².